The van der Waals surface area contributed by atoms with Crippen LogP contribution in [0.2, 0.25) is 0 Å². The SMILES string of the molecule is CCCOc1ccccc1OCCNCc1cc(Br)cs1. The molecule has 0 amide bonds. The molecule has 21 heavy (non-hydrogen) atoms. The number of rotatable bonds is 9. The standard InChI is InChI=1S/C16H20BrNO2S/c1-2-8-19-15-5-3-4-6-16(15)20-9-7-18-11-14-10-13(17)12-21-14/h3-6,10,12,18H,2,7-9,11H2,1H3. The monoisotopic (exact) mass is 369 g/mol. The summed E-state index contributed by atoms with van der Waals surface area (Å²) < 4.78 is 12.6. The van der Waals surface area contributed by atoms with E-state index in [1.165, 1.54) is 4.88 Å². The second-order valence-corrected chi connectivity index (χ2v) is 6.46. The summed E-state index contributed by atoms with van der Waals surface area (Å²) in [5.74, 6) is 1.63. The second kappa shape index (κ2) is 9.07. The Kier molecular flexibility index (Phi) is 7.06. The maximum absolute atomic E-state index is 5.78. The lowest BCUT2D eigenvalue weighted by atomic mass is 10.3. The van der Waals surface area contributed by atoms with Gasteiger partial charge in [0.2, 0.25) is 0 Å². The third kappa shape index (κ3) is 5.69. The minimum atomic E-state index is 0.624. The van der Waals surface area contributed by atoms with Crippen molar-refractivity contribution in [3.8, 4) is 11.5 Å². The Morgan fingerprint density at radius 1 is 1.14 bits per heavy atom. The van der Waals surface area contributed by atoms with Gasteiger partial charge in [0.15, 0.2) is 11.5 Å². The molecule has 0 aliphatic rings. The molecule has 0 saturated heterocycles. The van der Waals surface area contributed by atoms with Crippen LogP contribution in [0, 0.1) is 0 Å². The van der Waals surface area contributed by atoms with Crippen molar-refractivity contribution in [1.82, 2.24) is 5.32 Å². The highest BCUT2D eigenvalue weighted by atomic mass is 79.9. The van der Waals surface area contributed by atoms with Crippen LogP contribution in [0.4, 0.5) is 0 Å². The number of halogens is 1. The van der Waals surface area contributed by atoms with Crippen molar-refractivity contribution < 1.29 is 9.47 Å². The van der Waals surface area contributed by atoms with Crippen molar-refractivity contribution in [3.05, 3.63) is 45.1 Å². The normalized spacial score (nSPS) is 10.6. The molecule has 114 valence electrons. The maximum Gasteiger partial charge on any atom is 0.161 e. The Labute approximate surface area is 138 Å². The summed E-state index contributed by atoms with van der Waals surface area (Å²) in [7, 11) is 0. The molecule has 1 aromatic carbocycles. The zero-order valence-electron chi connectivity index (χ0n) is 12.1. The van der Waals surface area contributed by atoms with Crippen molar-refractivity contribution in [2.75, 3.05) is 19.8 Å². The number of thiophene rings is 1. The van der Waals surface area contributed by atoms with E-state index in [1.807, 2.05) is 24.3 Å². The fourth-order valence-corrected chi connectivity index (χ4v) is 3.21. The van der Waals surface area contributed by atoms with E-state index in [-0.39, 0.29) is 0 Å². The van der Waals surface area contributed by atoms with Gasteiger partial charge in [0.05, 0.1) is 6.61 Å². The third-order valence-electron chi connectivity index (χ3n) is 2.77. The van der Waals surface area contributed by atoms with Gasteiger partial charge < -0.3 is 14.8 Å². The van der Waals surface area contributed by atoms with E-state index in [0.29, 0.717) is 13.2 Å². The predicted molar refractivity (Wildman–Crippen MR) is 91.4 cm³/mol. The molecule has 2 aromatic rings. The summed E-state index contributed by atoms with van der Waals surface area (Å²) in [4.78, 5) is 1.31. The smallest absolute Gasteiger partial charge is 0.161 e. The van der Waals surface area contributed by atoms with Crippen molar-refractivity contribution in [1.29, 1.82) is 0 Å². The zero-order chi connectivity index (χ0) is 14.9. The minimum absolute atomic E-state index is 0.624. The fraction of sp³-hybridized carbons (Fsp3) is 0.375. The molecule has 0 bridgehead atoms. The Balaban J connectivity index is 1.70. The molecule has 0 saturated carbocycles. The predicted octanol–water partition coefficient (Wildman–Crippen LogP) is 4.47. The highest BCUT2D eigenvalue weighted by molar-refractivity contribution is 9.10. The molecule has 0 radical (unpaired) electrons. The van der Waals surface area contributed by atoms with Gasteiger partial charge in [-0.25, -0.2) is 0 Å². The average molecular weight is 370 g/mol. The highest BCUT2D eigenvalue weighted by Gasteiger charge is 2.03. The van der Waals surface area contributed by atoms with E-state index in [1.54, 1.807) is 11.3 Å². The molecule has 1 heterocycles. The van der Waals surface area contributed by atoms with Gasteiger partial charge in [-0.2, -0.15) is 0 Å². The van der Waals surface area contributed by atoms with Crippen molar-refractivity contribution in [3.63, 3.8) is 0 Å². The lowest BCUT2D eigenvalue weighted by Gasteiger charge is -2.12. The van der Waals surface area contributed by atoms with Gasteiger partial charge in [-0.05, 0) is 40.5 Å². The van der Waals surface area contributed by atoms with Crippen LogP contribution in [-0.4, -0.2) is 19.8 Å². The van der Waals surface area contributed by atoms with Crippen LogP contribution in [0.5, 0.6) is 11.5 Å². The summed E-state index contributed by atoms with van der Waals surface area (Å²) in [6.45, 7) is 5.10. The fourth-order valence-electron chi connectivity index (χ4n) is 1.79. The molecular formula is C16H20BrNO2S. The minimum Gasteiger partial charge on any atom is -0.490 e. The molecule has 0 unspecified atom stereocenters. The molecule has 0 atom stereocenters. The number of hydrogen-bond donors (Lipinski definition) is 1. The quantitative estimate of drug-likeness (QED) is 0.661. The molecule has 1 aromatic heterocycles. The molecule has 0 spiro atoms. The van der Waals surface area contributed by atoms with Crippen molar-refractivity contribution in [2.24, 2.45) is 0 Å². The molecular weight excluding hydrogens is 350 g/mol. The highest BCUT2D eigenvalue weighted by Crippen LogP contribution is 2.26. The van der Waals surface area contributed by atoms with Gasteiger partial charge in [0, 0.05) is 27.8 Å². The van der Waals surface area contributed by atoms with E-state index in [0.717, 1.165) is 35.5 Å². The van der Waals surface area contributed by atoms with Gasteiger partial charge in [-0.15, -0.1) is 11.3 Å². The summed E-state index contributed by atoms with van der Waals surface area (Å²) in [5, 5.41) is 5.46. The number of nitrogens with one attached hydrogen (secondary N) is 1. The van der Waals surface area contributed by atoms with Gasteiger partial charge in [0.1, 0.15) is 6.61 Å². The van der Waals surface area contributed by atoms with Gasteiger partial charge in [0.25, 0.3) is 0 Å². The van der Waals surface area contributed by atoms with Gasteiger partial charge in [-0.3, -0.25) is 0 Å². The van der Waals surface area contributed by atoms with E-state index >= 15 is 0 Å². The van der Waals surface area contributed by atoms with E-state index in [4.69, 9.17) is 9.47 Å². The molecule has 2 rings (SSSR count). The van der Waals surface area contributed by atoms with Crippen LogP contribution in [0.1, 0.15) is 18.2 Å². The largest absolute Gasteiger partial charge is 0.490 e. The first-order valence-electron chi connectivity index (χ1n) is 7.08. The number of benzene rings is 1. The van der Waals surface area contributed by atoms with Crippen LogP contribution in [0.15, 0.2) is 40.2 Å². The first-order valence-corrected chi connectivity index (χ1v) is 8.75. The van der Waals surface area contributed by atoms with Crippen LogP contribution < -0.4 is 14.8 Å². The number of ether oxygens (including phenoxy) is 2. The van der Waals surface area contributed by atoms with Crippen molar-refractivity contribution >= 4 is 27.3 Å². The molecule has 0 fully saturated rings. The molecule has 0 aliphatic heterocycles. The first kappa shape index (κ1) is 16.3. The van der Waals surface area contributed by atoms with E-state index in [9.17, 15) is 0 Å². The topological polar surface area (TPSA) is 30.5 Å². The molecule has 0 aliphatic carbocycles. The second-order valence-electron chi connectivity index (χ2n) is 4.55. The maximum atomic E-state index is 5.78. The lowest BCUT2D eigenvalue weighted by molar-refractivity contribution is 0.267. The molecule has 5 heteroatoms. The summed E-state index contributed by atoms with van der Waals surface area (Å²) in [6, 6.07) is 9.95. The van der Waals surface area contributed by atoms with E-state index in [2.05, 4.69) is 39.6 Å². The van der Waals surface area contributed by atoms with Gasteiger partial charge >= 0.3 is 0 Å². The Bertz CT molecular complexity index is 545. The van der Waals surface area contributed by atoms with E-state index < -0.39 is 0 Å². The van der Waals surface area contributed by atoms with Crippen LogP contribution in [-0.2, 0) is 6.54 Å². The third-order valence-corrected chi connectivity index (χ3v) is 4.47. The van der Waals surface area contributed by atoms with Gasteiger partial charge in [-0.1, -0.05) is 19.1 Å². The summed E-state index contributed by atoms with van der Waals surface area (Å²) in [5.41, 5.74) is 0. The molecule has 1 N–H and O–H groups in total. The Morgan fingerprint density at radius 3 is 2.48 bits per heavy atom. The van der Waals surface area contributed by atoms with Crippen LogP contribution in [0.25, 0.3) is 0 Å². The van der Waals surface area contributed by atoms with Crippen molar-refractivity contribution in [2.45, 2.75) is 19.9 Å². The first-order chi connectivity index (χ1) is 10.3. The number of para-hydroxylation sites is 2. The summed E-state index contributed by atoms with van der Waals surface area (Å²) >= 11 is 5.20. The van der Waals surface area contributed by atoms with Crippen LogP contribution in [0.3, 0.4) is 0 Å². The van der Waals surface area contributed by atoms with Crippen LogP contribution >= 0.6 is 27.3 Å². The average Bonchev–Trinajstić information content (AvgIpc) is 2.91. The number of hydrogen-bond acceptors (Lipinski definition) is 4. The Morgan fingerprint density at radius 2 is 1.86 bits per heavy atom. The molecule has 3 nitrogen and oxygen atoms in total. The lowest BCUT2D eigenvalue weighted by Crippen LogP contribution is -2.20. The summed E-state index contributed by atoms with van der Waals surface area (Å²) in [6.07, 6.45) is 0.992. The Hall–Kier alpha value is -1.04. The zero-order valence-corrected chi connectivity index (χ0v) is 14.5.